The second-order valence-electron chi connectivity index (χ2n) is 3.15. The molecule has 0 unspecified atom stereocenters. The zero-order valence-corrected chi connectivity index (χ0v) is 8.03. The third kappa shape index (κ3) is 2.57. The van der Waals surface area contributed by atoms with Crippen LogP contribution in [0.2, 0.25) is 0 Å². The molecule has 0 spiro atoms. The smallest absolute Gasteiger partial charge is 0.303 e. The van der Waals surface area contributed by atoms with Crippen LogP contribution in [0.25, 0.3) is 0 Å². The lowest BCUT2D eigenvalue weighted by atomic mass is 10.3. The zero-order valence-electron chi connectivity index (χ0n) is 8.03. The Morgan fingerprint density at radius 1 is 1.69 bits per heavy atom. The summed E-state index contributed by atoms with van der Waals surface area (Å²) >= 11 is 0. The van der Waals surface area contributed by atoms with Crippen molar-refractivity contribution in [3.8, 4) is 0 Å². The van der Waals surface area contributed by atoms with Crippen molar-refractivity contribution in [2.75, 3.05) is 0 Å². The lowest BCUT2D eigenvalue weighted by Crippen LogP contribution is -2.29. The molecule has 0 saturated heterocycles. The Labute approximate surface area is 77.4 Å². The molecule has 1 aromatic rings. The third-order valence-electron chi connectivity index (χ3n) is 2.19. The molecule has 13 heavy (non-hydrogen) atoms. The average molecular weight is 183 g/mol. The van der Waals surface area contributed by atoms with Gasteiger partial charge in [0.05, 0.1) is 13.6 Å². The lowest BCUT2D eigenvalue weighted by molar-refractivity contribution is -0.677. The van der Waals surface area contributed by atoms with Gasteiger partial charge in [-0.05, 0) is 6.42 Å². The first-order chi connectivity index (χ1) is 6.11. The van der Waals surface area contributed by atoms with Crippen molar-refractivity contribution in [3.63, 3.8) is 0 Å². The average Bonchev–Trinajstić information content (AvgIpc) is 2.35. The first-order valence-electron chi connectivity index (χ1n) is 4.34. The van der Waals surface area contributed by atoms with Crippen LogP contribution in [0.4, 0.5) is 0 Å². The largest absolute Gasteiger partial charge is 0.481 e. The molecule has 1 heterocycles. The predicted molar refractivity (Wildman–Crippen MR) is 47.2 cm³/mol. The molecule has 0 amide bonds. The van der Waals surface area contributed by atoms with Gasteiger partial charge < -0.3 is 5.11 Å². The molecule has 0 aliphatic carbocycles. The Hall–Kier alpha value is -1.32. The number of carbonyl (C=O) groups is 1. The van der Waals surface area contributed by atoms with E-state index in [1.807, 2.05) is 30.9 Å². The van der Waals surface area contributed by atoms with Crippen molar-refractivity contribution in [2.45, 2.75) is 26.3 Å². The Morgan fingerprint density at radius 2 is 2.38 bits per heavy atom. The monoisotopic (exact) mass is 183 g/mol. The maximum atomic E-state index is 10.3. The van der Waals surface area contributed by atoms with Crippen LogP contribution in [-0.4, -0.2) is 15.6 Å². The molecule has 0 saturated carbocycles. The Kier molecular flexibility index (Phi) is 3.06. The number of aliphatic carboxylic acids is 1. The molecule has 1 rings (SSSR count). The Balaban J connectivity index is 2.45. The van der Waals surface area contributed by atoms with Gasteiger partial charge in [0, 0.05) is 13.3 Å². The first-order valence-corrected chi connectivity index (χ1v) is 4.34. The summed E-state index contributed by atoms with van der Waals surface area (Å²) in [4.78, 5) is 10.3. The van der Waals surface area contributed by atoms with E-state index in [1.54, 1.807) is 0 Å². The van der Waals surface area contributed by atoms with E-state index in [-0.39, 0.29) is 6.42 Å². The molecule has 0 radical (unpaired) electrons. The highest BCUT2D eigenvalue weighted by molar-refractivity contribution is 5.66. The van der Waals surface area contributed by atoms with Crippen LogP contribution in [0.5, 0.6) is 0 Å². The van der Waals surface area contributed by atoms with Crippen LogP contribution < -0.4 is 4.57 Å². The molecule has 4 heteroatoms. The fourth-order valence-corrected chi connectivity index (χ4v) is 1.24. The quantitative estimate of drug-likeness (QED) is 0.690. The molecular weight excluding hydrogens is 168 g/mol. The lowest BCUT2D eigenvalue weighted by Gasteiger charge is -1.96. The minimum atomic E-state index is -0.728. The molecule has 1 aromatic heterocycles. The van der Waals surface area contributed by atoms with E-state index < -0.39 is 5.97 Å². The first kappa shape index (κ1) is 9.77. The van der Waals surface area contributed by atoms with Crippen LogP contribution in [0.1, 0.15) is 18.7 Å². The summed E-state index contributed by atoms with van der Waals surface area (Å²) < 4.78 is 4.07. The molecule has 1 N–H and O–H groups in total. The van der Waals surface area contributed by atoms with Gasteiger partial charge in [-0.2, -0.15) is 0 Å². The van der Waals surface area contributed by atoms with E-state index in [0.717, 1.165) is 12.4 Å². The maximum Gasteiger partial charge on any atom is 0.303 e. The summed E-state index contributed by atoms with van der Waals surface area (Å²) in [6.45, 7) is 2.79. The zero-order chi connectivity index (χ0) is 9.84. The number of carboxylic acids is 1. The molecule has 0 atom stereocenters. The van der Waals surface area contributed by atoms with Gasteiger partial charge in [0.15, 0.2) is 0 Å². The number of hydrogen-bond donors (Lipinski definition) is 1. The summed E-state index contributed by atoms with van der Waals surface area (Å²) in [5.41, 5.74) is 0. The van der Waals surface area contributed by atoms with Crippen molar-refractivity contribution in [1.82, 2.24) is 4.57 Å². The van der Waals surface area contributed by atoms with Crippen LogP contribution in [0.15, 0.2) is 12.4 Å². The highest BCUT2D eigenvalue weighted by Gasteiger charge is 2.08. The van der Waals surface area contributed by atoms with Gasteiger partial charge in [-0.15, -0.1) is 0 Å². The highest BCUT2D eigenvalue weighted by Crippen LogP contribution is 1.98. The number of rotatable bonds is 4. The highest BCUT2D eigenvalue weighted by atomic mass is 16.4. The van der Waals surface area contributed by atoms with E-state index in [1.165, 1.54) is 0 Å². The Morgan fingerprint density at radius 3 is 2.85 bits per heavy atom. The van der Waals surface area contributed by atoms with Gasteiger partial charge in [0.2, 0.25) is 0 Å². The second-order valence-corrected chi connectivity index (χ2v) is 3.15. The molecule has 0 aliphatic heterocycles. The van der Waals surface area contributed by atoms with Gasteiger partial charge in [-0.1, -0.05) is 0 Å². The van der Waals surface area contributed by atoms with E-state index in [2.05, 4.69) is 4.57 Å². The fraction of sp³-hybridized carbons (Fsp3) is 0.556. The predicted octanol–water partition coefficient (Wildman–Crippen LogP) is 0.486. The number of aryl methyl sites for hydroxylation is 2. The van der Waals surface area contributed by atoms with Crippen molar-refractivity contribution >= 4 is 5.97 Å². The van der Waals surface area contributed by atoms with Crippen LogP contribution in [0, 0.1) is 6.92 Å². The second kappa shape index (κ2) is 4.07. The van der Waals surface area contributed by atoms with E-state index >= 15 is 0 Å². The van der Waals surface area contributed by atoms with Gasteiger partial charge in [0.25, 0.3) is 5.82 Å². The van der Waals surface area contributed by atoms with Gasteiger partial charge in [-0.3, -0.25) is 4.79 Å². The van der Waals surface area contributed by atoms with Crippen molar-refractivity contribution in [2.24, 2.45) is 7.05 Å². The van der Waals surface area contributed by atoms with Crippen LogP contribution in [0.3, 0.4) is 0 Å². The SMILES string of the molecule is Cc1n(CCCC(=O)O)cc[n+]1C. The van der Waals surface area contributed by atoms with Gasteiger partial charge >= 0.3 is 5.97 Å². The van der Waals surface area contributed by atoms with Crippen molar-refractivity contribution < 1.29 is 14.5 Å². The molecule has 0 aliphatic rings. The topological polar surface area (TPSA) is 46.1 Å². The van der Waals surface area contributed by atoms with Gasteiger partial charge in [-0.25, -0.2) is 9.13 Å². The standard InChI is InChI=1S/C9H14N2O2/c1-8-10(2)6-7-11(8)5-3-4-9(12)13/h6-7H,3-5H2,1-2H3/p+1. The summed E-state index contributed by atoms with van der Waals surface area (Å²) in [5, 5.41) is 8.45. The summed E-state index contributed by atoms with van der Waals surface area (Å²) in [6, 6.07) is 0. The fourth-order valence-electron chi connectivity index (χ4n) is 1.24. The molecule has 72 valence electrons. The summed E-state index contributed by atoms with van der Waals surface area (Å²) in [7, 11) is 1.98. The number of carboxylic acid groups (broad SMARTS) is 1. The summed E-state index contributed by atoms with van der Waals surface area (Å²) in [5.74, 6) is 0.416. The van der Waals surface area contributed by atoms with E-state index in [4.69, 9.17) is 5.11 Å². The van der Waals surface area contributed by atoms with Crippen LogP contribution >= 0.6 is 0 Å². The molecule has 0 bridgehead atoms. The molecular formula is C9H15N2O2+. The van der Waals surface area contributed by atoms with E-state index in [9.17, 15) is 4.79 Å². The Bertz CT molecular complexity index is 305. The van der Waals surface area contributed by atoms with Crippen molar-refractivity contribution in [1.29, 1.82) is 0 Å². The summed E-state index contributed by atoms with van der Waals surface area (Å²) in [6.07, 6.45) is 4.86. The van der Waals surface area contributed by atoms with Crippen LogP contribution in [-0.2, 0) is 18.4 Å². The minimum absolute atomic E-state index is 0.237. The number of hydrogen-bond acceptors (Lipinski definition) is 1. The molecule has 4 nitrogen and oxygen atoms in total. The normalized spacial score (nSPS) is 10.3. The number of nitrogens with zero attached hydrogens (tertiary/aromatic N) is 2. The van der Waals surface area contributed by atoms with Crippen molar-refractivity contribution in [3.05, 3.63) is 18.2 Å². The molecule has 0 aromatic carbocycles. The van der Waals surface area contributed by atoms with E-state index in [0.29, 0.717) is 6.42 Å². The number of aromatic nitrogens is 2. The molecule has 0 fully saturated rings. The number of imidazole rings is 1. The maximum absolute atomic E-state index is 10.3. The third-order valence-corrected chi connectivity index (χ3v) is 2.19. The van der Waals surface area contributed by atoms with Gasteiger partial charge in [0.1, 0.15) is 12.4 Å². The minimum Gasteiger partial charge on any atom is -0.481 e.